The molecule has 1 heterocycles. The van der Waals surface area contributed by atoms with E-state index in [1.165, 1.54) is 4.68 Å². The Kier molecular flexibility index (Phi) is 5.72. The number of nitrogens with two attached hydrogens (primary N) is 1. The number of carbonyl (C=O) groups excluding carboxylic acids is 1. The lowest BCUT2D eigenvalue weighted by Crippen LogP contribution is -2.23. The maximum Gasteiger partial charge on any atom is 0.208 e. The molecule has 8 heteroatoms. The van der Waals surface area contributed by atoms with Crippen molar-refractivity contribution in [3.8, 4) is 0 Å². The van der Waals surface area contributed by atoms with E-state index in [0.29, 0.717) is 11.2 Å². The summed E-state index contributed by atoms with van der Waals surface area (Å²) in [6, 6.07) is 1.04. The SMILES string of the molecule is C[Si](C)(C)CCOCn1nc(Br)c(N)c1C(=O)CO. The molecule has 0 spiro atoms. The van der Waals surface area contributed by atoms with Gasteiger partial charge in [0.1, 0.15) is 19.0 Å². The molecule has 1 aromatic rings. The van der Waals surface area contributed by atoms with Crippen LogP contribution in [0.15, 0.2) is 4.60 Å². The van der Waals surface area contributed by atoms with E-state index in [9.17, 15) is 4.79 Å². The minimum absolute atomic E-state index is 0.154. The molecule has 108 valence electrons. The molecule has 0 amide bonds. The Hall–Kier alpha value is -0.703. The number of halogens is 1. The van der Waals surface area contributed by atoms with Crippen LogP contribution in [0.5, 0.6) is 0 Å². The first-order valence-electron chi connectivity index (χ1n) is 6.00. The van der Waals surface area contributed by atoms with Crippen LogP contribution in [0.4, 0.5) is 5.69 Å². The number of ether oxygens (including phenoxy) is 1. The summed E-state index contributed by atoms with van der Waals surface area (Å²) in [5.41, 5.74) is 6.15. The molecule has 0 aliphatic carbocycles. The molecule has 19 heavy (non-hydrogen) atoms. The van der Waals surface area contributed by atoms with E-state index in [2.05, 4.69) is 40.7 Å². The fourth-order valence-electron chi connectivity index (χ4n) is 1.44. The van der Waals surface area contributed by atoms with Gasteiger partial charge in [-0.3, -0.25) is 4.79 Å². The Bertz CT molecular complexity index is 457. The first-order valence-corrected chi connectivity index (χ1v) is 10.5. The monoisotopic (exact) mass is 349 g/mol. The number of nitrogens with zero attached hydrogens (tertiary/aromatic N) is 2. The van der Waals surface area contributed by atoms with Crippen molar-refractivity contribution in [2.75, 3.05) is 18.9 Å². The lowest BCUT2D eigenvalue weighted by molar-refractivity contribution is 0.0706. The first kappa shape index (κ1) is 16.4. The van der Waals surface area contributed by atoms with E-state index < -0.39 is 20.5 Å². The van der Waals surface area contributed by atoms with Gasteiger partial charge in [-0.15, -0.1) is 0 Å². The molecule has 0 radical (unpaired) electrons. The van der Waals surface area contributed by atoms with Crippen molar-refractivity contribution in [2.24, 2.45) is 0 Å². The van der Waals surface area contributed by atoms with Crippen molar-refractivity contribution in [1.82, 2.24) is 9.78 Å². The zero-order chi connectivity index (χ0) is 14.6. The minimum atomic E-state index is -1.14. The summed E-state index contributed by atoms with van der Waals surface area (Å²) in [6.45, 7) is 6.97. The molecule has 0 aliphatic rings. The highest BCUT2D eigenvalue weighted by molar-refractivity contribution is 9.10. The van der Waals surface area contributed by atoms with E-state index in [0.717, 1.165) is 6.04 Å². The Balaban J connectivity index is 2.68. The van der Waals surface area contributed by atoms with Gasteiger partial charge in [0.15, 0.2) is 4.60 Å². The van der Waals surface area contributed by atoms with Gasteiger partial charge in [-0.1, -0.05) is 19.6 Å². The molecule has 0 fully saturated rings. The molecule has 1 rings (SSSR count). The van der Waals surface area contributed by atoms with Crippen LogP contribution in [-0.2, 0) is 11.5 Å². The maximum absolute atomic E-state index is 11.6. The highest BCUT2D eigenvalue weighted by Gasteiger charge is 2.20. The number of hydrogen-bond donors (Lipinski definition) is 2. The Morgan fingerprint density at radius 1 is 1.53 bits per heavy atom. The zero-order valence-corrected chi connectivity index (χ0v) is 14.0. The van der Waals surface area contributed by atoms with Crippen molar-refractivity contribution < 1.29 is 14.6 Å². The van der Waals surface area contributed by atoms with Gasteiger partial charge in [0.25, 0.3) is 0 Å². The molecule has 0 saturated carbocycles. The smallest absolute Gasteiger partial charge is 0.208 e. The number of aromatic nitrogens is 2. The summed E-state index contributed by atoms with van der Waals surface area (Å²) >= 11 is 3.17. The molecule has 3 N–H and O–H groups in total. The molecular formula is C11H20BrN3O3Si. The number of aliphatic hydroxyl groups is 1. The Morgan fingerprint density at radius 2 is 2.16 bits per heavy atom. The van der Waals surface area contributed by atoms with Gasteiger partial charge < -0.3 is 15.6 Å². The predicted molar refractivity (Wildman–Crippen MR) is 79.9 cm³/mol. The minimum Gasteiger partial charge on any atom is -0.395 e. The predicted octanol–water partition coefficient (Wildman–Crippen LogP) is 1.72. The lowest BCUT2D eigenvalue weighted by Gasteiger charge is -2.15. The van der Waals surface area contributed by atoms with Gasteiger partial charge in [-0.2, -0.15) is 5.10 Å². The number of ketones is 1. The van der Waals surface area contributed by atoms with Gasteiger partial charge in [0, 0.05) is 14.7 Å². The van der Waals surface area contributed by atoms with Crippen molar-refractivity contribution in [1.29, 1.82) is 0 Å². The number of carbonyl (C=O) groups is 1. The number of hydrogen-bond acceptors (Lipinski definition) is 5. The second-order valence-corrected chi connectivity index (χ2v) is 11.9. The van der Waals surface area contributed by atoms with Crippen LogP contribution in [0.3, 0.4) is 0 Å². The zero-order valence-electron chi connectivity index (χ0n) is 11.4. The number of rotatable bonds is 7. The van der Waals surface area contributed by atoms with Crippen LogP contribution in [0.1, 0.15) is 10.5 Å². The standard InChI is InChI=1S/C11H20BrN3O3Si/c1-19(2,3)5-4-18-7-15-10(8(17)6-16)9(13)11(12)14-15/h16H,4-7,13H2,1-3H3. The van der Waals surface area contributed by atoms with Gasteiger partial charge in [-0.05, 0) is 22.0 Å². The number of Topliss-reactive ketones (excluding diaryl/α,β-unsaturated/α-hetero) is 1. The topological polar surface area (TPSA) is 90.4 Å². The fourth-order valence-corrected chi connectivity index (χ4v) is 2.57. The molecule has 0 aliphatic heterocycles. The van der Waals surface area contributed by atoms with Gasteiger partial charge in [-0.25, -0.2) is 4.68 Å². The van der Waals surface area contributed by atoms with Crippen LogP contribution >= 0.6 is 15.9 Å². The molecule has 0 aromatic carbocycles. The summed E-state index contributed by atoms with van der Waals surface area (Å²) < 4.78 is 7.29. The van der Waals surface area contributed by atoms with Crippen LogP contribution in [0.2, 0.25) is 25.7 Å². The lowest BCUT2D eigenvalue weighted by atomic mass is 10.2. The molecule has 1 aromatic heterocycles. The van der Waals surface area contributed by atoms with E-state index in [4.69, 9.17) is 15.6 Å². The van der Waals surface area contributed by atoms with Crippen LogP contribution in [0.25, 0.3) is 0 Å². The molecule has 0 unspecified atom stereocenters. The highest BCUT2D eigenvalue weighted by Crippen LogP contribution is 2.23. The van der Waals surface area contributed by atoms with Crippen LogP contribution in [0, 0.1) is 0 Å². The average molecular weight is 350 g/mol. The molecule has 0 saturated heterocycles. The maximum atomic E-state index is 11.6. The van der Waals surface area contributed by atoms with Crippen molar-refractivity contribution in [2.45, 2.75) is 32.4 Å². The molecular weight excluding hydrogens is 330 g/mol. The summed E-state index contributed by atoms with van der Waals surface area (Å²) in [7, 11) is -1.14. The first-order chi connectivity index (χ1) is 8.76. The number of aliphatic hydroxyl groups excluding tert-OH is 1. The van der Waals surface area contributed by atoms with Crippen LogP contribution in [-0.4, -0.2) is 42.0 Å². The summed E-state index contributed by atoms with van der Waals surface area (Å²) in [5.74, 6) is -0.468. The molecule has 0 atom stereocenters. The molecule has 0 bridgehead atoms. The second kappa shape index (κ2) is 6.64. The third kappa shape index (κ3) is 4.72. The third-order valence-corrected chi connectivity index (χ3v) is 4.85. The number of anilines is 1. The normalized spacial score (nSPS) is 11.8. The van der Waals surface area contributed by atoms with Crippen molar-refractivity contribution in [3.05, 3.63) is 10.3 Å². The van der Waals surface area contributed by atoms with Crippen LogP contribution < -0.4 is 5.73 Å². The van der Waals surface area contributed by atoms with Crippen molar-refractivity contribution in [3.63, 3.8) is 0 Å². The van der Waals surface area contributed by atoms with E-state index in [-0.39, 0.29) is 18.1 Å². The average Bonchev–Trinajstić information content (AvgIpc) is 2.59. The summed E-state index contributed by atoms with van der Waals surface area (Å²) in [4.78, 5) is 11.6. The van der Waals surface area contributed by atoms with Gasteiger partial charge in [0.05, 0.1) is 5.69 Å². The largest absolute Gasteiger partial charge is 0.395 e. The Labute approximate surface area is 122 Å². The van der Waals surface area contributed by atoms with Crippen molar-refractivity contribution >= 4 is 35.5 Å². The van der Waals surface area contributed by atoms with Gasteiger partial charge >= 0.3 is 0 Å². The summed E-state index contributed by atoms with van der Waals surface area (Å²) in [6.07, 6.45) is 0. The molecule has 6 nitrogen and oxygen atoms in total. The van der Waals surface area contributed by atoms with Gasteiger partial charge in [0.2, 0.25) is 5.78 Å². The van der Waals surface area contributed by atoms with E-state index in [1.807, 2.05) is 0 Å². The number of nitrogen functional groups attached to an aromatic ring is 1. The van der Waals surface area contributed by atoms with E-state index in [1.54, 1.807) is 0 Å². The third-order valence-electron chi connectivity index (χ3n) is 2.56. The summed E-state index contributed by atoms with van der Waals surface area (Å²) in [5, 5.41) is 13.0. The van der Waals surface area contributed by atoms with E-state index >= 15 is 0 Å². The Morgan fingerprint density at radius 3 is 2.68 bits per heavy atom. The highest BCUT2D eigenvalue weighted by atomic mass is 79.9. The second-order valence-electron chi connectivity index (χ2n) is 5.48. The quantitative estimate of drug-likeness (QED) is 0.444. The fraction of sp³-hybridized carbons (Fsp3) is 0.636.